The Balaban J connectivity index is 1.66. The van der Waals surface area contributed by atoms with E-state index in [9.17, 15) is 17.2 Å². The summed E-state index contributed by atoms with van der Waals surface area (Å²) < 4.78 is 57.5. The number of rotatable bonds is 7. The van der Waals surface area contributed by atoms with Gasteiger partial charge in [0.25, 0.3) is 6.43 Å². The minimum atomic E-state index is -4.01. The first-order valence-corrected chi connectivity index (χ1v) is 13.1. The van der Waals surface area contributed by atoms with Crippen LogP contribution in [0.25, 0.3) is 27.1 Å². The molecule has 11 nitrogen and oxygen atoms in total. The van der Waals surface area contributed by atoms with E-state index < -0.39 is 21.5 Å². The average molecular weight is 525 g/mol. The molecule has 186 valence electrons. The molecule has 0 bridgehead atoms. The first kappa shape index (κ1) is 23.9. The molecule has 1 aromatic carbocycles. The Morgan fingerprint density at radius 3 is 2.69 bits per heavy atom. The number of sulfonamides is 1. The van der Waals surface area contributed by atoms with Crippen LogP contribution in [-0.2, 0) is 14.8 Å². The van der Waals surface area contributed by atoms with Gasteiger partial charge in [-0.3, -0.25) is 9.47 Å². The molecule has 0 radical (unpaired) electrons. The largest absolute Gasteiger partial charge is 0.379 e. The number of benzene rings is 1. The minimum Gasteiger partial charge on any atom is -0.379 e. The number of nitrogens with two attached hydrogens (primary N) is 1. The molecule has 2 N–H and O–H groups in total. The Morgan fingerprint density at radius 2 is 2.00 bits per heavy atom. The number of morpholine rings is 1. The molecular weight excluding hydrogens is 502 g/mol. The predicted molar refractivity (Wildman–Crippen MR) is 127 cm³/mol. The summed E-state index contributed by atoms with van der Waals surface area (Å²) in [5.74, 6) is 0.619. The summed E-state index contributed by atoms with van der Waals surface area (Å²) in [5, 5.41) is 13.8. The number of primary sulfonamides is 1. The van der Waals surface area contributed by atoms with Gasteiger partial charge in [0.1, 0.15) is 12.1 Å². The average Bonchev–Trinajstić information content (AvgIpc) is 3.45. The van der Waals surface area contributed by atoms with Crippen LogP contribution < -0.4 is 10.0 Å². The molecule has 0 atom stereocenters. The van der Waals surface area contributed by atoms with Crippen LogP contribution in [0, 0.1) is 0 Å². The van der Waals surface area contributed by atoms with Crippen LogP contribution in [0.3, 0.4) is 0 Å². The van der Waals surface area contributed by atoms with Crippen LogP contribution in [0.1, 0.15) is 11.4 Å². The van der Waals surface area contributed by atoms with Crippen molar-refractivity contribution in [1.29, 1.82) is 0 Å². The van der Waals surface area contributed by atoms with Gasteiger partial charge in [-0.05, 0) is 12.1 Å². The summed E-state index contributed by atoms with van der Waals surface area (Å²) >= 11 is 0.703. The first-order chi connectivity index (χ1) is 16.7. The Labute approximate surface area is 203 Å². The van der Waals surface area contributed by atoms with Gasteiger partial charge in [0.2, 0.25) is 15.2 Å². The molecule has 0 saturated carbocycles. The summed E-state index contributed by atoms with van der Waals surface area (Å²) in [6, 6.07) is 4.40. The number of anilines is 1. The van der Waals surface area contributed by atoms with E-state index in [1.54, 1.807) is 6.07 Å². The van der Waals surface area contributed by atoms with Crippen molar-refractivity contribution < 1.29 is 21.9 Å². The number of fused-ring (bicyclic) bond motifs is 3. The number of likely N-dealkylation sites (N-methyl/N-ethyl adjacent to an activating group) is 1. The maximum Gasteiger partial charge on any atom is 0.291 e. The number of halogens is 2. The zero-order chi connectivity index (χ0) is 24.7. The highest BCUT2D eigenvalue weighted by atomic mass is 32.2. The molecule has 1 aliphatic rings. The van der Waals surface area contributed by atoms with E-state index in [4.69, 9.17) is 9.88 Å². The lowest BCUT2D eigenvalue weighted by atomic mass is 10.2. The summed E-state index contributed by atoms with van der Waals surface area (Å²) in [6.45, 7) is 4.57. The van der Waals surface area contributed by atoms with Crippen molar-refractivity contribution in [1.82, 2.24) is 29.6 Å². The van der Waals surface area contributed by atoms with Gasteiger partial charge < -0.3 is 9.64 Å². The first-order valence-electron chi connectivity index (χ1n) is 10.7. The van der Waals surface area contributed by atoms with Crippen LogP contribution >= 0.6 is 11.3 Å². The van der Waals surface area contributed by atoms with Crippen molar-refractivity contribution in [2.24, 2.45) is 5.14 Å². The zero-order valence-electron chi connectivity index (χ0n) is 18.6. The normalized spacial score (nSPS) is 15.5. The quantitative estimate of drug-likeness (QED) is 0.384. The number of alkyl halides is 2. The lowest BCUT2D eigenvalue weighted by Crippen LogP contribution is -2.40. The molecule has 4 aromatic rings. The topological polar surface area (TPSA) is 132 Å². The van der Waals surface area contributed by atoms with E-state index in [1.807, 2.05) is 11.9 Å². The van der Waals surface area contributed by atoms with Crippen molar-refractivity contribution in [3.63, 3.8) is 0 Å². The molecule has 1 aliphatic heterocycles. The van der Waals surface area contributed by atoms with Crippen molar-refractivity contribution in [2.75, 3.05) is 51.3 Å². The van der Waals surface area contributed by atoms with Gasteiger partial charge in [-0.1, -0.05) is 17.4 Å². The second-order valence-electron chi connectivity index (χ2n) is 8.05. The second kappa shape index (κ2) is 9.31. The molecule has 35 heavy (non-hydrogen) atoms. The molecule has 5 rings (SSSR count). The van der Waals surface area contributed by atoms with Crippen LogP contribution in [0.4, 0.5) is 14.6 Å². The van der Waals surface area contributed by atoms with Crippen LogP contribution in [0.5, 0.6) is 0 Å². The fraction of sp³-hybridized carbons (Fsp3) is 0.400. The monoisotopic (exact) mass is 524 g/mol. The molecule has 0 unspecified atom stereocenters. The fourth-order valence-electron chi connectivity index (χ4n) is 4.09. The fourth-order valence-corrected chi connectivity index (χ4v) is 5.34. The predicted octanol–water partition coefficient (Wildman–Crippen LogP) is 1.78. The van der Waals surface area contributed by atoms with Gasteiger partial charge in [0, 0.05) is 38.6 Å². The van der Waals surface area contributed by atoms with Crippen LogP contribution in [0.15, 0.2) is 29.4 Å². The molecule has 15 heteroatoms. The number of aromatic nitrogens is 5. The molecular formula is C20H22F2N8O3S2. The molecule has 1 saturated heterocycles. The summed E-state index contributed by atoms with van der Waals surface area (Å²) in [6.07, 6.45) is -1.40. The highest BCUT2D eigenvalue weighted by Crippen LogP contribution is 2.37. The zero-order valence-corrected chi connectivity index (χ0v) is 20.3. The van der Waals surface area contributed by atoms with E-state index in [2.05, 4.69) is 25.1 Å². The third-order valence-corrected chi connectivity index (χ3v) is 7.68. The number of hydrogen-bond donors (Lipinski definition) is 1. The third-order valence-electron chi connectivity index (χ3n) is 5.85. The summed E-state index contributed by atoms with van der Waals surface area (Å²) in [4.78, 5) is 13.1. The van der Waals surface area contributed by atoms with E-state index in [-0.39, 0.29) is 10.0 Å². The lowest BCUT2D eigenvalue weighted by molar-refractivity contribution is 0.0393. The maximum absolute atomic E-state index is 13.2. The third kappa shape index (κ3) is 4.56. The van der Waals surface area contributed by atoms with Gasteiger partial charge in [0.15, 0.2) is 10.7 Å². The van der Waals surface area contributed by atoms with Gasteiger partial charge in [-0.15, -0.1) is 10.2 Å². The molecule has 4 heterocycles. The van der Waals surface area contributed by atoms with E-state index in [1.165, 1.54) is 23.0 Å². The van der Waals surface area contributed by atoms with Crippen molar-refractivity contribution in [3.8, 4) is 5.13 Å². The number of nitrogens with zero attached hydrogens (tertiary/aromatic N) is 7. The molecule has 1 fully saturated rings. The number of hydrogen-bond acceptors (Lipinski definition) is 10. The minimum absolute atomic E-state index is 0.122. The van der Waals surface area contributed by atoms with Crippen molar-refractivity contribution in [2.45, 2.75) is 11.3 Å². The second-order valence-corrected chi connectivity index (χ2v) is 10.6. The van der Waals surface area contributed by atoms with E-state index >= 15 is 0 Å². The summed E-state index contributed by atoms with van der Waals surface area (Å²) in [7, 11) is -2.11. The van der Waals surface area contributed by atoms with Gasteiger partial charge in [0.05, 0.1) is 29.0 Å². The van der Waals surface area contributed by atoms with Gasteiger partial charge >= 0.3 is 0 Å². The SMILES string of the molecule is CN(CCN1CCOCC1)c1ncnc2c1c1ccc(S(N)(=O)=O)cc1n2-c1nnc(C(F)F)s1. The highest BCUT2D eigenvalue weighted by molar-refractivity contribution is 7.89. The van der Waals surface area contributed by atoms with Crippen LogP contribution in [-0.4, -0.2) is 84.5 Å². The smallest absolute Gasteiger partial charge is 0.291 e. The summed E-state index contributed by atoms with van der Waals surface area (Å²) in [5.41, 5.74) is 0.790. The Bertz CT molecular complexity index is 1480. The van der Waals surface area contributed by atoms with Crippen molar-refractivity contribution >= 4 is 49.1 Å². The standard InChI is InChI=1S/C20H22F2N8O3S2/c1-28(4-5-29-6-8-33-9-7-29)17-15-13-3-2-12(35(23,31)32)10-14(13)30(18(15)25-11-24-17)20-27-26-19(34-20)16(21)22/h2-3,10-11,16H,4-9H2,1H3,(H2,23,31,32). The van der Waals surface area contributed by atoms with Crippen LogP contribution in [0.2, 0.25) is 0 Å². The lowest BCUT2D eigenvalue weighted by Gasteiger charge is -2.29. The molecule has 0 amide bonds. The van der Waals surface area contributed by atoms with E-state index in [0.717, 1.165) is 19.6 Å². The number of ether oxygens (including phenoxy) is 1. The molecule has 3 aromatic heterocycles. The van der Waals surface area contributed by atoms with E-state index in [0.29, 0.717) is 58.8 Å². The highest BCUT2D eigenvalue weighted by Gasteiger charge is 2.24. The maximum atomic E-state index is 13.2. The van der Waals surface area contributed by atoms with Crippen molar-refractivity contribution in [3.05, 3.63) is 29.5 Å². The van der Waals surface area contributed by atoms with Gasteiger partial charge in [-0.2, -0.15) is 0 Å². The Morgan fingerprint density at radius 1 is 1.23 bits per heavy atom. The van der Waals surface area contributed by atoms with Gasteiger partial charge in [-0.25, -0.2) is 32.3 Å². The molecule has 0 aliphatic carbocycles. The Kier molecular flexibility index (Phi) is 6.35. The molecule has 0 spiro atoms. The Hall–Kier alpha value is -2.85.